The molecular weight excluding hydrogens is 210 g/mol. The summed E-state index contributed by atoms with van der Waals surface area (Å²) in [5.74, 6) is 3.34. The molecule has 0 unspecified atom stereocenters. The molecule has 1 heterocycles. The molecule has 1 aliphatic rings. The van der Waals surface area contributed by atoms with Crippen molar-refractivity contribution in [1.29, 1.82) is 0 Å². The lowest BCUT2D eigenvalue weighted by atomic mass is 9.99. The van der Waals surface area contributed by atoms with Gasteiger partial charge in [-0.15, -0.1) is 0 Å². The first kappa shape index (κ1) is 12.5. The van der Waals surface area contributed by atoms with Gasteiger partial charge in [0.25, 0.3) is 0 Å². The molecule has 1 saturated carbocycles. The van der Waals surface area contributed by atoms with Crippen molar-refractivity contribution in [2.75, 3.05) is 5.73 Å². The number of nitrogens with two attached hydrogens (primary N) is 1. The molecule has 2 N–H and O–H groups in total. The van der Waals surface area contributed by atoms with Gasteiger partial charge in [-0.3, -0.25) is 0 Å². The summed E-state index contributed by atoms with van der Waals surface area (Å²) in [5, 5.41) is 0. The Balaban J connectivity index is 2.43. The van der Waals surface area contributed by atoms with Gasteiger partial charge in [0.15, 0.2) is 0 Å². The van der Waals surface area contributed by atoms with E-state index >= 15 is 0 Å². The summed E-state index contributed by atoms with van der Waals surface area (Å²) in [6.45, 7) is 8.83. The maximum absolute atomic E-state index is 6.32. The lowest BCUT2D eigenvalue weighted by Gasteiger charge is -2.14. The van der Waals surface area contributed by atoms with Gasteiger partial charge in [-0.1, -0.05) is 13.8 Å². The Morgan fingerprint density at radius 3 is 2.29 bits per heavy atom. The van der Waals surface area contributed by atoms with Crippen LogP contribution in [0.1, 0.15) is 82.8 Å². The molecule has 3 nitrogen and oxygen atoms in total. The largest absolute Gasteiger partial charge is 0.384 e. The number of nitrogen functional groups attached to an aromatic ring is 1. The summed E-state index contributed by atoms with van der Waals surface area (Å²) in [4.78, 5) is 4.87. The fraction of sp³-hybridized carbons (Fsp3) is 0.786. The summed E-state index contributed by atoms with van der Waals surface area (Å²) in [6, 6.07) is 0.418. The van der Waals surface area contributed by atoms with Crippen LogP contribution < -0.4 is 5.73 Å². The van der Waals surface area contributed by atoms with E-state index in [9.17, 15) is 0 Å². The second-order valence-electron chi connectivity index (χ2n) is 5.49. The Hall–Kier alpha value is -0.990. The van der Waals surface area contributed by atoms with Gasteiger partial charge in [-0.2, -0.15) is 0 Å². The van der Waals surface area contributed by atoms with Gasteiger partial charge in [0, 0.05) is 17.9 Å². The minimum absolute atomic E-state index is 0.418. The molecule has 0 radical (unpaired) electrons. The molecule has 0 bridgehead atoms. The minimum Gasteiger partial charge on any atom is -0.384 e. The third-order valence-electron chi connectivity index (χ3n) is 3.83. The van der Waals surface area contributed by atoms with Crippen LogP contribution in [0, 0.1) is 0 Å². The number of hydrogen-bond donors (Lipinski definition) is 1. The molecule has 17 heavy (non-hydrogen) atoms. The number of imidazole rings is 1. The maximum atomic E-state index is 6.32. The zero-order valence-electron chi connectivity index (χ0n) is 11.5. The van der Waals surface area contributed by atoms with Crippen LogP contribution in [0.15, 0.2) is 0 Å². The van der Waals surface area contributed by atoms with E-state index < -0.39 is 0 Å². The molecule has 1 aliphatic carbocycles. The lowest BCUT2D eigenvalue weighted by Crippen LogP contribution is -2.09. The van der Waals surface area contributed by atoms with Crippen LogP contribution in [-0.2, 0) is 0 Å². The fourth-order valence-electron chi connectivity index (χ4n) is 2.63. The molecule has 0 amide bonds. The number of hydrogen-bond acceptors (Lipinski definition) is 2. The van der Waals surface area contributed by atoms with Crippen molar-refractivity contribution in [2.45, 2.75) is 71.3 Å². The third kappa shape index (κ3) is 2.20. The third-order valence-corrected chi connectivity index (χ3v) is 3.83. The summed E-state index contributed by atoms with van der Waals surface area (Å²) in [5.41, 5.74) is 7.47. The zero-order valence-corrected chi connectivity index (χ0v) is 11.5. The number of nitrogens with zero attached hydrogens (tertiary/aromatic N) is 2. The molecule has 0 saturated heterocycles. The van der Waals surface area contributed by atoms with Crippen LogP contribution in [0.3, 0.4) is 0 Å². The van der Waals surface area contributed by atoms with E-state index in [-0.39, 0.29) is 0 Å². The molecule has 96 valence electrons. The molecule has 1 aromatic rings. The molecule has 0 spiro atoms. The SMILES string of the molecule is CCC(CC)c1nc(C2CC2)n(C(C)C)c1N. The predicted octanol–water partition coefficient (Wildman–Crippen LogP) is 3.83. The Labute approximate surface area is 104 Å². The Kier molecular flexibility index (Phi) is 3.45. The molecule has 0 atom stereocenters. The van der Waals surface area contributed by atoms with Crippen LogP contribution in [0.5, 0.6) is 0 Å². The smallest absolute Gasteiger partial charge is 0.127 e. The standard InChI is InChI=1S/C14H25N3/c1-5-10(6-2)12-13(15)17(9(3)4)14(16-12)11-7-8-11/h9-11H,5-8,15H2,1-4H3. The Bertz CT molecular complexity index is 384. The highest BCUT2D eigenvalue weighted by molar-refractivity contribution is 5.42. The zero-order chi connectivity index (χ0) is 12.6. The van der Waals surface area contributed by atoms with Crippen molar-refractivity contribution in [3.8, 4) is 0 Å². The summed E-state index contributed by atoms with van der Waals surface area (Å²) in [6.07, 6.45) is 4.82. The van der Waals surface area contributed by atoms with E-state index in [2.05, 4.69) is 32.3 Å². The highest BCUT2D eigenvalue weighted by Crippen LogP contribution is 2.43. The molecule has 0 aliphatic heterocycles. The second-order valence-corrected chi connectivity index (χ2v) is 5.49. The fourth-order valence-corrected chi connectivity index (χ4v) is 2.63. The molecular formula is C14H25N3. The first-order valence-electron chi connectivity index (χ1n) is 6.97. The Morgan fingerprint density at radius 1 is 1.29 bits per heavy atom. The van der Waals surface area contributed by atoms with E-state index in [1.807, 2.05) is 0 Å². The van der Waals surface area contributed by atoms with Gasteiger partial charge < -0.3 is 10.3 Å². The van der Waals surface area contributed by atoms with E-state index in [0.717, 1.165) is 24.4 Å². The average Bonchev–Trinajstić information content (AvgIpc) is 3.06. The van der Waals surface area contributed by atoms with Crippen LogP contribution in [-0.4, -0.2) is 9.55 Å². The van der Waals surface area contributed by atoms with E-state index in [1.54, 1.807) is 0 Å². The first-order valence-corrected chi connectivity index (χ1v) is 6.97. The molecule has 2 rings (SSSR count). The van der Waals surface area contributed by atoms with Gasteiger partial charge in [-0.05, 0) is 39.5 Å². The van der Waals surface area contributed by atoms with Gasteiger partial charge in [0.1, 0.15) is 11.6 Å². The summed E-state index contributed by atoms with van der Waals surface area (Å²) in [7, 11) is 0. The second kappa shape index (κ2) is 4.71. The first-order chi connectivity index (χ1) is 8.10. The summed E-state index contributed by atoms with van der Waals surface area (Å²) < 4.78 is 2.26. The van der Waals surface area contributed by atoms with Crippen molar-refractivity contribution in [2.24, 2.45) is 0 Å². The highest BCUT2D eigenvalue weighted by Gasteiger charge is 2.32. The van der Waals surface area contributed by atoms with Crippen molar-refractivity contribution in [3.05, 3.63) is 11.5 Å². The quantitative estimate of drug-likeness (QED) is 0.843. The van der Waals surface area contributed by atoms with Gasteiger partial charge >= 0.3 is 0 Å². The number of rotatable bonds is 5. The van der Waals surface area contributed by atoms with Crippen LogP contribution in [0.4, 0.5) is 5.82 Å². The van der Waals surface area contributed by atoms with Crippen molar-refractivity contribution in [3.63, 3.8) is 0 Å². The van der Waals surface area contributed by atoms with Crippen molar-refractivity contribution >= 4 is 5.82 Å². The normalized spacial score (nSPS) is 16.1. The minimum atomic E-state index is 0.418. The van der Waals surface area contributed by atoms with Crippen LogP contribution in [0.2, 0.25) is 0 Å². The van der Waals surface area contributed by atoms with E-state index in [0.29, 0.717) is 17.9 Å². The molecule has 3 heteroatoms. The van der Waals surface area contributed by atoms with Gasteiger partial charge in [-0.25, -0.2) is 4.98 Å². The monoisotopic (exact) mass is 235 g/mol. The molecule has 1 fully saturated rings. The maximum Gasteiger partial charge on any atom is 0.127 e. The number of aromatic nitrogens is 2. The molecule has 0 aromatic carbocycles. The topological polar surface area (TPSA) is 43.8 Å². The van der Waals surface area contributed by atoms with Crippen molar-refractivity contribution < 1.29 is 0 Å². The van der Waals surface area contributed by atoms with Crippen LogP contribution >= 0.6 is 0 Å². The molecule has 1 aromatic heterocycles. The average molecular weight is 235 g/mol. The summed E-state index contributed by atoms with van der Waals surface area (Å²) >= 11 is 0. The highest BCUT2D eigenvalue weighted by atomic mass is 15.2. The van der Waals surface area contributed by atoms with Gasteiger partial charge in [0.05, 0.1) is 5.69 Å². The van der Waals surface area contributed by atoms with Crippen LogP contribution in [0.25, 0.3) is 0 Å². The number of anilines is 1. The lowest BCUT2D eigenvalue weighted by molar-refractivity contribution is 0.576. The Morgan fingerprint density at radius 2 is 1.88 bits per heavy atom. The predicted molar refractivity (Wildman–Crippen MR) is 72.3 cm³/mol. The van der Waals surface area contributed by atoms with Crippen molar-refractivity contribution in [1.82, 2.24) is 9.55 Å². The van der Waals surface area contributed by atoms with Gasteiger partial charge in [0.2, 0.25) is 0 Å². The van der Waals surface area contributed by atoms with E-state index in [4.69, 9.17) is 10.7 Å². The van der Waals surface area contributed by atoms with E-state index in [1.165, 1.54) is 18.7 Å².